The molecule has 1 aliphatic heterocycles. The number of nitrogens with zero attached hydrogens (tertiary/aromatic N) is 1. The van der Waals surface area contributed by atoms with Crippen LogP contribution in [-0.4, -0.2) is 37.4 Å². The monoisotopic (exact) mass is 397 g/mol. The number of ether oxygens (including phenoxy) is 2. The largest absolute Gasteiger partial charge is 0.508 e. The summed E-state index contributed by atoms with van der Waals surface area (Å²) in [6.07, 6.45) is 0.0693. The zero-order valence-electron chi connectivity index (χ0n) is 15.6. The Morgan fingerprint density at radius 2 is 1.81 bits per heavy atom. The van der Waals surface area contributed by atoms with E-state index in [9.17, 15) is 18.3 Å². The Kier molecular flexibility index (Phi) is 5.99. The molecule has 0 atom stereocenters. The molecule has 0 amide bonds. The number of esters is 1. The van der Waals surface area contributed by atoms with Gasteiger partial charge in [0.05, 0.1) is 6.61 Å². The molecule has 1 aliphatic rings. The number of aliphatic imine (C=N–C) groups is 1. The summed E-state index contributed by atoms with van der Waals surface area (Å²) in [4.78, 5) is 16.7. The van der Waals surface area contributed by atoms with Gasteiger partial charge < -0.3 is 14.6 Å². The van der Waals surface area contributed by atoms with E-state index < -0.39 is 21.8 Å². The molecule has 0 saturated heterocycles. The average Bonchev–Trinajstić information content (AvgIpc) is 2.81. The summed E-state index contributed by atoms with van der Waals surface area (Å²) in [5.74, 6) is -0.825. The molecule has 1 aromatic rings. The van der Waals surface area contributed by atoms with E-state index in [0.717, 1.165) is 0 Å². The highest BCUT2D eigenvalue weighted by Gasteiger charge is 2.29. The summed E-state index contributed by atoms with van der Waals surface area (Å²) in [5.41, 5.74) is -0.0869. The standard InChI is InChI=1S/C17H23N3O6S/c1-5-25-15-14(19-27(23,24)20-15)18-13(16(22)26-17(2,3)4)10-11-6-8-12(21)9-7-11/h6-9,19-21H,5,10H2,1-4H3. The first-order chi connectivity index (χ1) is 12.5. The second kappa shape index (κ2) is 7.87. The molecule has 0 aromatic heterocycles. The molecule has 0 unspecified atom stereocenters. The predicted octanol–water partition coefficient (Wildman–Crippen LogP) is 1.32. The van der Waals surface area contributed by atoms with Crippen LogP contribution in [-0.2, 0) is 30.9 Å². The molecular weight excluding hydrogens is 374 g/mol. The summed E-state index contributed by atoms with van der Waals surface area (Å²) < 4.78 is 38.5. The number of phenols is 1. The summed E-state index contributed by atoms with van der Waals surface area (Å²) in [5, 5.41) is 9.40. The lowest BCUT2D eigenvalue weighted by molar-refractivity contribution is -0.146. The van der Waals surface area contributed by atoms with Crippen molar-refractivity contribution in [3.05, 3.63) is 41.5 Å². The second-order valence-corrected chi connectivity index (χ2v) is 8.14. The van der Waals surface area contributed by atoms with E-state index in [1.54, 1.807) is 39.8 Å². The Morgan fingerprint density at radius 3 is 2.37 bits per heavy atom. The highest BCUT2D eigenvalue weighted by Crippen LogP contribution is 2.17. The zero-order chi connectivity index (χ0) is 20.2. The van der Waals surface area contributed by atoms with E-state index in [1.807, 2.05) is 0 Å². The van der Waals surface area contributed by atoms with Crippen LogP contribution in [0, 0.1) is 0 Å². The molecule has 3 N–H and O–H groups in total. The van der Waals surface area contributed by atoms with Gasteiger partial charge in [0, 0.05) is 6.42 Å². The maximum atomic E-state index is 12.6. The van der Waals surface area contributed by atoms with Gasteiger partial charge in [0.1, 0.15) is 17.1 Å². The van der Waals surface area contributed by atoms with Crippen LogP contribution in [0.3, 0.4) is 0 Å². The van der Waals surface area contributed by atoms with Gasteiger partial charge in [-0.2, -0.15) is 8.42 Å². The third-order valence-electron chi connectivity index (χ3n) is 3.15. The Labute approximate surface area is 158 Å². The molecule has 0 aliphatic carbocycles. The Morgan fingerprint density at radius 1 is 1.19 bits per heavy atom. The maximum absolute atomic E-state index is 12.6. The van der Waals surface area contributed by atoms with Gasteiger partial charge in [0.2, 0.25) is 11.7 Å². The lowest BCUT2D eigenvalue weighted by Gasteiger charge is -2.20. The highest BCUT2D eigenvalue weighted by atomic mass is 32.2. The number of phenolic OH excluding ortho intramolecular Hbond substituents is 1. The van der Waals surface area contributed by atoms with Crippen molar-refractivity contribution in [2.75, 3.05) is 6.61 Å². The molecule has 27 heavy (non-hydrogen) atoms. The highest BCUT2D eigenvalue weighted by molar-refractivity contribution is 7.88. The van der Waals surface area contributed by atoms with Crippen LogP contribution < -0.4 is 9.44 Å². The van der Waals surface area contributed by atoms with Crippen LogP contribution in [0.2, 0.25) is 0 Å². The van der Waals surface area contributed by atoms with Crippen molar-refractivity contribution in [1.82, 2.24) is 9.44 Å². The quantitative estimate of drug-likeness (QED) is 0.491. The Bertz CT molecular complexity index is 867. The lowest BCUT2D eigenvalue weighted by Crippen LogP contribution is -2.31. The van der Waals surface area contributed by atoms with E-state index >= 15 is 0 Å². The number of aromatic hydroxyl groups is 1. The van der Waals surface area contributed by atoms with E-state index in [2.05, 4.69) is 14.4 Å². The van der Waals surface area contributed by atoms with Crippen molar-refractivity contribution in [1.29, 1.82) is 0 Å². The van der Waals surface area contributed by atoms with Crippen molar-refractivity contribution in [3.8, 4) is 5.75 Å². The predicted molar refractivity (Wildman–Crippen MR) is 98.9 cm³/mol. The number of benzene rings is 1. The molecule has 0 fully saturated rings. The molecule has 2 rings (SSSR count). The molecule has 9 nitrogen and oxygen atoms in total. The van der Waals surface area contributed by atoms with Crippen LogP contribution in [0.4, 0.5) is 0 Å². The summed E-state index contributed by atoms with van der Waals surface area (Å²) in [6.45, 7) is 7.04. The van der Waals surface area contributed by atoms with Crippen molar-refractivity contribution < 1.29 is 27.8 Å². The minimum Gasteiger partial charge on any atom is -0.508 e. The van der Waals surface area contributed by atoms with Gasteiger partial charge in [-0.25, -0.2) is 19.2 Å². The van der Waals surface area contributed by atoms with Gasteiger partial charge in [-0.3, -0.25) is 0 Å². The van der Waals surface area contributed by atoms with Crippen LogP contribution in [0.1, 0.15) is 33.3 Å². The van der Waals surface area contributed by atoms with Gasteiger partial charge in [0.25, 0.3) is 0 Å². The van der Waals surface area contributed by atoms with Crippen LogP contribution in [0.25, 0.3) is 0 Å². The number of rotatable bonds is 6. The van der Waals surface area contributed by atoms with Crippen molar-refractivity contribution in [2.45, 2.75) is 39.7 Å². The van der Waals surface area contributed by atoms with Gasteiger partial charge >= 0.3 is 16.2 Å². The minimum absolute atomic E-state index is 0.0192. The SMILES string of the molecule is CCOC1=C(N=C(Cc2ccc(O)cc2)C(=O)OC(C)(C)C)NS(=O)(=O)N1. The van der Waals surface area contributed by atoms with Crippen LogP contribution in [0.15, 0.2) is 41.0 Å². The minimum atomic E-state index is -3.84. The van der Waals surface area contributed by atoms with Crippen molar-refractivity contribution in [3.63, 3.8) is 0 Å². The summed E-state index contributed by atoms with van der Waals surface area (Å²) >= 11 is 0. The van der Waals surface area contributed by atoms with Crippen molar-refractivity contribution >= 4 is 21.9 Å². The summed E-state index contributed by atoms with van der Waals surface area (Å²) in [7, 11) is -3.84. The molecule has 0 bridgehead atoms. The van der Waals surface area contributed by atoms with Gasteiger partial charge in [-0.1, -0.05) is 12.1 Å². The number of hydrogen-bond acceptors (Lipinski definition) is 7. The number of carbonyl (C=O) groups excluding carboxylic acids is 1. The molecule has 0 spiro atoms. The normalized spacial score (nSPS) is 16.5. The second-order valence-electron chi connectivity index (χ2n) is 6.72. The fraction of sp³-hybridized carbons (Fsp3) is 0.412. The molecule has 148 valence electrons. The smallest absolute Gasteiger partial charge is 0.353 e. The molecule has 0 radical (unpaired) electrons. The van der Waals surface area contributed by atoms with E-state index in [1.165, 1.54) is 12.1 Å². The molecular formula is C17H23N3O6S. The van der Waals surface area contributed by atoms with Crippen molar-refractivity contribution in [2.24, 2.45) is 4.99 Å². The maximum Gasteiger partial charge on any atom is 0.353 e. The van der Waals surface area contributed by atoms with Crippen LogP contribution in [0.5, 0.6) is 5.75 Å². The zero-order valence-corrected chi connectivity index (χ0v) is 16.4. The third kappa shape index (κ3) is 6.17. The molecule has 10 heteroatoms. The van der Waals surface area contributed by atoms with Gasteiger partial charge in [0.15, 0.2) is 0 Å². The number of carbonyl (C=O) groups is 1. The first kappa shape index (κ1) is 20.6. The number of nitrogens with one attached hydrogen (secondary N) is 2. The number of hydrogen-bond donors (Lipinski definition) is 3. The molecule has 1 aromatic carbocycles. The van der Waals surface area contributed by atoms with E-state index in [0.29, 0.717) is 5.56 Å². The first-order valence-corrected chi connectivity index (χ1v) is 9.74. The Balaban J connectivity index is 2.40. The Hall–Kier alpha value is -2.75. The topological polar surface area (TPSA) is 126 Å². The van der Waals surface area contributed by atoms with Crippen LogP contribution >= 0.6 is 0 Å². The van der Waals surface area contributed by atoms with Gasteiger partial charge in [-0.05, 0) is 45.4 Å². The lowest BCUT2D eigenvalue weighted by atomic mass is 10.1. The fourth-order valence-electron chi connectivity index (χ4n) is 2.12. The van der Waals surface area contributed by atoms with E-state index in [4.69, 9.17) is 9.47 Å². The molecule has 1 heterocycles. The molecule has 0 saturated carbocycles. The third-order valence-corrected chi connectivity index (χ3v) is 4.07. The fourth-order valence-corrected chi connectivity index (χ4v) is 2.97. The van der Waals surface area contributed by atoms with Gasteiger partial charge in [-0.15, -0.1) is 0 Å². The summed E-state index contributed by atoms with van der Waals surface area (Å²) in [6, 6.07) is 6.22. The average molecular weight is 397 g/mol. The first-order valence-electron chi connectivity index (χ1n) is 8.25. The van der Waals surface area contributed by atoms with E-state index in [-0.39, 0.29) is 36.2 Å².